The van der Waals surface area contributed by atoms with E-state index in [0.29, 0.717) is 0 Å². The minimum Gasteiger partial charge on any atom is -0.385 e. The van der Waals surface area contributed by atoms with Crippen LogP contribution in [0.3, 0.4) is 0 Å². The van der Waals surface area contributed by atoms with Gasteiger partial charge in [0.2, 0.25) is 0 Å². The summed E-state index contributed by atoms with van der Waals surface area (Å²) < 4.78 is 14.2. The Hall–Kier alpha value is -1.25. The largest absolute Gasteiger partial charge is 0.385 e. The van der Waals surface area contributed by atoms with Gasteiger partial charge in [-0.05, 0) is 55.7 Å². The smallest absolute Gasteiger partial charge is 0.148 e. The van der Waals surface area contributed by atoms with Gasteiger partial charge in [0, 0.05) is 25.3 Å². The summed E-state index contributed by atoms with van der Waals surface area (Å²) in [4.78, 5) is 2.15. The zero-order chi connectivity index (χ0) is 14.7. The molecule has 1 heterocycles. The molecule has 116 valence electrons. The Balaban J connectivity index is 1.55. The Morgan fingerprint density at radius 1 is 1.14 bits per heavy atom. The van der Waals surface area contributed by atoms with E-state index < -0.39 is 0 Å². The van der Waals surface area contributed by atoms with Crippen molar-refractivity contribution in [2.75, 3.05) is 29.9 Å². The van der Waals surface area contributed by atoms with Crippen molar-refractivity contribution in [2.24, 2.45) is 11.8 Å². The summed E-state index contributed by atoms with van der Waals surface area (Å²) in [7, 11) is 0. The Kier molecular flexibility index (Phi) is 4.67. The quantitative estimate of drug-likeness (QED) is 0.867. The summed E-state index contributed by atoms with van der Waals surface area (Å²) in [6.45, 7) is 5.30. The van der Waals surface area contributed by atoms with Crippen LogP contribution in [0.15, 0.2) is 18.2 Å². The lowest BCUT2D eigenvalue weighted by Gasteiger charge is -2.26. The Morgan fingerprint density at radius 3 is 2.52 bits per heavy atom. The van der Waals surface area contributed by atoms with E-state index >= 15 is 0 Å². The summed E-state index contributed by atoms with van der Waals surface area (Å²) >= 11 is 0. The molecule has 0 bridgehead atoms. The molecule has 0 spiro atoms. The molecule has 0 amide bonds. The molecule has 1 saturated carbocycles. The highest BCUT2D eigenvalue weighted by atomic mass is 19.1. The van der Waals surface area contributed by atoms with Gasteiger partial charge in [0.1, 0.15) is 5.82 Å². The second-order valence-corrected chi connectivity index (χ2v) is 6.87. The van der Waals surface area contributed by atoms with E-state index in [2.05, 4.69) is 17.1 Å². The fourth-order valence-corrected chi connectivity index (χ4v) is 3.63. The minimum absolute atomic E-state index is 0.0841. The van der Waals surface area contributed by atoms with E-state index in [9.17, 15) is 4.39 Å². The molecule has 0 atom stereocenters. The van der Waals surface area contributed by atoms with Crippen LogP contribution in [0.1, 0.15) is 45.4 Å². The highest BCUT2D eigenvalue weighted by Crippen LogP contribution is 2.29. The number of halogens is 1. The Bertz CT molecular complexity index is 460. The maximum absolute atomic E-state index is 14.2. The molecule has 1 saturated heterocycles. The molecule has 1 aliphatic carbocycles. The van der Waals surface area contributed by atoms with E-state index in [4.69, 9.17) is 0 Å². The maximum Gasteiger partial charge on any atom is 0.148 e. The van der Waals surface area contributed by atoms with Gasteiger partial charge in [-0.2, -0.15) is 0 Å². The van der Waals surface area contributed by atoms with Crippen LogP contribution in [0.2, 0.25) is 0 Å². The van der Waals surface area contributed by atoms with Crippen molar-refractivity contribution >= 4 is 11.4 Å². The second-order valence-electron chi connectivity index (χ2n) is 6.87. The normalized spacial score (nSPS) is 26.1. The van der Waals surface area contributed by atoms with Gasteiger partial charge in [0.15, 0.2) is 0 Å². The lowest BCUT2D eigenvalue weighted by molar-refractivity contribution is 0.300. The molecule has 1 N–H and O–H groups in total. The molecule has 3 rings (SSSR count). The van der Waals surface area contributed by atoms with Crippen LogP contribution >= 0.6 is 0 Å². The number of benzene rings is 1. The van der Waals surface area contributed by atoms with Crippen LogP contribution in [-0.2, 0) is 0 Å². The molecule has 0 unspecified atom stereocenters. The molecule has 0 aromatic heterocycles. The Morgan fingerprint density at radius 2 is 1.86 bits per heavy atom. The number of anilines is 2. The molecule has 1 aromatic carbocycles. The maximum atomic E-state index is 14.2. The lowest BCUT2D eigenvalue weighted by Crippen LogP contribution is -2.21. The van der Waals surface area contributed by atoms with Crippen molar-refractivity contribution in [3.05, 3.63) is 24.0 Å². The van der Waals surface area contributed by atoms with Crippen molar-refractivity contribution < 1.29 is 4.39 Å². The van der Waals surface area contributed by atoms with Crippen LogP contribution in [-0.4, -0.2) is 19.6 Å². The van der Waals surface area contributed by atoms with E-state index in [1.165, 1.54) is 38.5 Å². The van der Waals surface area contributed by atoms with E-state index in [1.807, 2.05) is 12.1 Å². The number of nitrogens with zero attached hydrogens (tertiary/aromatic N) is 1. The first-order chi connectivity index (χ1) is 10.2. The fourth-order valence-electron chi connectivity index (χ4n) is 3.63. The number of rotatable bonds is 4. The molecule has 21 heavy (non-hydrogen) atoms. The standard InChI is InChI=1S/C18H27FN2/c1-14-4-6-15(7-5-14)13-20-16-8-9-18(17(19)12-16)21-10-2-3-11-21/h8-9,12,14-15,20H,2-7,10-11,13H2,1H3. The first-order valence-electron chi connectivity index (χ1n) is 8.51. The minimum atomic E-state index is -0.0841. The summed E-state index contributed by atoms with van der Waals surface area (Å²) in [6.07, 6.45) is 7.66. The van der Waals surface area contributed by atoms with Gasteiger partial charge in [0.25, 0.3) is 0 Å². The van der Waals surface area contributed by atoms with Gasteiger partial charge in [-0.15, -0.1) is 0 Å². The van der Waals surface area contributed by atoms with Crippen molar-refractivity contribution in [1.82, 2.24) is 0 Å². The van der Waals surface area contributed by atoms with Crippen LogP contribution in [0.4, 0.5) is 15.8 Å². The van der Waals surface area contributed by atoms with Crippen LogP contribution in [0.25, 0.3) is 0 Å². The molecule has 2 aliphatic rings. The molecule has 1 aromatic rings. The van der Waals surface area contributed by atoms with Gasteiger partial charge < -0.3 is 10.2 Å². The van der Waals surface area contributed by atoms with Crippen molar-refractivity contribution in [3.63, 3.8) is 0 Å². The molecule has 3 heteroatoms. The highest BCUT2D eigenvalue weighted by Gasteiger charge is 2.19. The fraction of sp³-hybridized carbons (Fsp3) is 0.667. The van der Waals surface area contributed by atoms with E-state index in [-0.39, 0.29) is 5.82 Å². The number of nitrogens with one attached hydrogen (secondary N) is 1. The van der Waals surface area contributed by atoms with Gasteiger partial charge >= 0.3 is 0 Å². The predicted octanol–water partition coefficient (Wildman–Crippen LogP) is 4.66. The average molecular weight is 290 g/mol. The summed E-state index contributed by atoms with van der Waals surface area (Å²) in [5.41, 5.74) is 1.69. The molecule has 0 radical (unpaired) electrons. The second kappa shape index (κ2) is 6.67. The van der Waals surface area contributed by atoms with E-state index in [1.54, 1.807) is 6.07 Å². The zero-order valence-corrected chi connectivity index (χ0v) is 13.1. The third-order valence-electron chi connectivity index (χ3n) is 5.12. The van der Waals surface area contributed by atoms with Gasteiger partial charge in [0.05, 0.1) is 5.69 Å². The number of hydrogen-bond acceptors (Lipinski definition) is 2. The molecule has 2 fully saturated rings. The first-order valence-corrected chi connectivity index (χ1v) is 8.51. The van der Waals surface area contributed by atoms with Crippen molar-refractivity contribution in [3.8, 4) is 0 Å². The van der Waals surface area contributed by atoms with Gasteiger partial charge in [-0.1, -0.05) is 19.8 Å². The van der Waals surface area contributed by atoms with Crippen LogP contribution in [0, 0.1) is 17.7 Å². The molecular formula is C18H27FN2. The summed E-state index contributed by atoms with van der Waals surface area (Å²) in [6, 6.07) is 5.63. The zero-order valence-electron chi connectivity index (χ0n) is 13.1. The van der Waals surface area contributed by atoms with Crippen molar-refractivity contribution in [1.29, 1.82) is 0 Å². The summed E-state index contributed by atoms with van der Waals surface area (Å²) in [5, 5.41) is 3.43. The average Bonchev–Trinajstić information content (AvgIpc) is 3.01. The third-order valence-corrected chi connectivity index (χ3v) is 5.12. The van der Waals surface area contributed by atoms with Gasteiger partial charge in [-0.25, -0.2) is 4.39 Å². The monoisotopic (exact) mass is 290 g/mol. The molecular weight excluding hydrogens is 263 g/mol. The topological polar surface area (TPSA) is 15.3 Å². The summed E-state index contributed by atoms with van der Waals surface area (Å²) in [5.74, 6) is 1.56. The molecule has 2 nitrogen and oxygen atoms in total. The van der Waals surface area contributed by atoms with Crippen LogP contribution in [0.5, 0.6) is 0 Å². The SMILES string of the molecule is CC1CCC(CNc2ccc(N3CCCC3)c(F)c2)CC1. The lowest BCUT2D eigenvalue weighted by atomic mass is 9.83. The highest BCUT2D eigenvalue weighted by molar-refractivity contribution is 5.56. The van der Waals surface area contributed by atoms with Crippen molar-refractivity contribution in [2.45, 2.75) is 45.4 Å². The third kappa shape index (κ3) is 3.69. The first kappa shape index (κ1) is 14.7. The Labute approximate surface area is 127 Å². The van der Waals surface area contributed by atoms with E-state index in [0.717, 1.165) is 42.8 Å². The molecule has 1 aliphatic heterocycles. The number of hydrogen-bond donors (Lipinski definition) is 1. The predicted molar refractivity (Wildman–Crippen MR) is 87.5 cm³/mol. The van der Waals surface area contributed by atoms with Gasteiger partial charge in [-0.3, -0.25) is 0 Å². The van der Waals surface area contributed by atoms with Crippen LogP contribution < -0.4 is 10.2 Å².